The van der Waals surface area contributed by atoms with Crippen molar-refractivity contribution in [3.63, 3.8) is 0 Å². The SMILES string of the molecule is CCN(CC)C(=O)C(C)Oc1ccc2c(c1)C(c1cccc(F)c1)N(C(=O)C(C)(C)C)CC2. The number of carbonyl (C=O) groups is 2. The molecule has 2 unspecified atom stereocenters. The molecule has 2 aromatic rings. The van der Waals surface area contributed by atoms with Gasteiger partial charge in [0.15, 0.2) is 6.10 Å². The first-order valence-corrected chi connectivity index (χ1v) is 11.7. The summed E-state index contributed by atoms with van der Waals surface area (Å²) in [6.45, 7) is 13.1. The number of nitrogens with zero attached hydrogens (tertiary/aromatic N) is 2. The lowest BCUT2D eigenvalue weighted by Crippen LogP contribution is -2.45. The second-order valence-corrected chi connectivity index (χ2v) is 9.59. The lowest BCUT2D eigenvalue weighted by atomic mass is 9.85. The summed E-state index contributed by atoms with van der Waals surface area (Å²) in [6.07, 6.45) is 0.0726. The van der Waals surface area contributed by atoms with Gasteiger partial charge in [0.25, 0.3) is 5.91 Å². The Labute approximate surface area is 196 Å². The normalized spacial score (nSPS) is 16.7. The first-order chi connectivity index (χ1) is 15.6. The van der Waals surface area contributed by atoms with Crippen LogP contribution < -0.4 is 4.74 Å². The summed E-state index contributed by atoms with van der Waals surface area (Å²) in [5.74, 6) is 0.171. The highest BCUT2D eigenvalue weighted by molar-refractivity contribution is 5.83. The van der Waals surface area contributed by atoms with Crippen LogP contribution in [0, 0.1) is 11.2 Å². The van der Waals surface area contributed by atoms with Gasteiger partial charge in [-0.2, -0.15) is 0 Å². The average Bonchev–Trinajstić information content (AvgIpc) is 2.77. The Balaban J connectivity index is 2.01. The van der Waals surface area contributed by atoms with Crippen LogP contribution in [-0.2, 0) is 16.0 Å². The second-order valence-electron chi connectivity index (χ2n) is 9.59. The van der Waals surface area contributed by atoms with E-state index in [-0.39, 0.29) is 17.6 Å². The van der Waals surface area contributed by atoms with Crippen LogP contribution in [0.2, 0.25) is 0 Å². The van der Waals surface area contributed by atoms with Crippen LogP contribution in [-0.4, -0.2) is 47.4 Å². The molecular formula is C27H35FN2O3. The number of amides is 2. The standard InChI is InChI=1S/C27H35FN2O3/c1-7-29(8-2)25(31)18(3)33-22-13-12-19-14-15-30(26(32)27(4,5)6)24(23(19)17-22)20-10-9-11-21(28)16-20/h9-13,16-18,24H,7-8,14-15H2,1-6H3. The predicted molar refractivity (Wildman–Crippen MR) is 128 cm³/mol. The maximum atomic E-state index is 14.2. The van der Waals surface area contributed by atoms with Gasteiger partial charge in [0.05, 0.1) is 6.04 Å². The van der Waals surface area contributed by atoms with Crippen LogP contribution in [0.4, 0.5) is 4.39 Å². The molecule has 0 radical (unpaired) electrons. The van der Waals surface area contributed by atoms with Gasteiger partial charge in [-0.15, -0.1) is 0 Å². The van der Waals surface area contributed by atoms with Crippen LogP contribution in [0.5, 0.6) is 5.75 Å². The van der Waals surface area contributed by atoms with Gasteiger partial charge in [0.2, 0.25) is 5.91 Å². The number of rotatable bonds is 6. The zero-order valence-electron chi connectivity index (χ0n) is 20.5. The van der Waals surface area contributed by atoms with E-state index < -0.39 is 17.6 Å². The van der Waals surface area contributed by atoms with E-state index >= 15 is 0 Å². The predicted octanol–water partition coefficient (Wildman–Crippen LogP) is 4.98. The first kappa shape index (κ1) is 24.7. The summed E-state index contributed by atoms with van der Waals surface area (Å²) in [4.78, 5) is 29.6. The molecule has 0 saturated heterocycles. The number of hydrogen-bond donors (Lipinski definition) is 0. The first-order valence-electron chi connectivity index (χ1n) is 11.7. The van der Waals surface area contributed by atoms with Crippen molar-refractivity contribution in [2.75, 3.05) is 19.6 Å². The van der Waals surface area contributed by atoms with Gasteiger partial charge < -0.3 is 14.5 Å². The van der Waals surface area contributed by atoms with E-state index in [0.717, 1.165) is 16.7 Å². The number of likely N-dealkylation sites (N-methyl/N-ethyl adjacent to an activating group) is 1. The molecule has 2 atom stereocenters. The smallest absolute Gasteiger partial charge is 0.263 e. The molecule has 1 aliphatic rings. The quantitative estimate of drug-likeness (QED) is 0.618. The van der Waals surface area contributed by atoms with E-state index in [1.54, 1.807) is 17.9 Å². The van der Waals surface area contributed by atoms with E-state index in [4.69, 9.17) is 4.74 Å². The Kier molecular flexibility index (Phi) is 7.45. The van der Waals surface area contributed by atoms with Crippen LogP contribution in [0.15, 0.2) is 42.5 Å². The second kappa shape index (κ2) is 9.94. The average molecular weight is 455 g/mol. The van der Waals surface area contributed by atoms with E-state index in [0.29, 0.717) is 31.8 Å². The Morgan fingerprint density at radius 2 is 1.85 bits per heavy atom. The molecule has 1 aliphatic heterocycles. The third-order valence-corrected chi connectivity index (χ3v) is 6.15. The molecule has 178 valence electrons. The minimum absolute atomic E-state index is 0.0128. The van der Waals surface area contributed by atoms with E-state index in [2.05, 4.69) is 0 Å². The van der Waals surface area contributed by atoms with Gasteiger partial charge in [-0.1, -0.05) is 39.0 Å². The van der Waals surface area contributed by atoms with Crippen LogP contribution in [0.3, 0.4) is 0 Å². The van der Waals surface area contributed by atoms with Crippen molar-refractivity contribution in [2.24, 2.45) is 5.41 Å². The number of hydrogen-bond acceptors (Lipinski definition) is 3. The molecule has 3 rings (SSSR count). The number of ether oxygens (including phenoxy) is 1. The van der Waals surface area contributed by atoms with Crippen molar-refractivity contribution >= 4 is 11.8 Å². The van der Waals surface area contributed by atoms with Crippen molar-refractivity contribution in [3.05, 3.63) is 65.0 Å². The Morgan fingerprint density at radius 3 is 2.45 bits per heavy atom. The maximum absolute atomic E-state index is 14.2. The molecule has 6 heteroatoms. The van der Waals surface area contributed by atoms with Crippen LogP contribution in [0.25, 0.3) is 0 Å². The fourth-order valence-electron chi connectivity index (χ4n) is 4.40. The lowest BCUT2D eigenvalue weighted by molar-refractivity contribution is -0.141. The fraction of sp³-hybridized carbons (Fsp3) is 0.481. The molecule has 5 nitrogen and oxygen atoms in total. The van der Waals surface area contributed by atoms with Crippen LogP contribution in [0.1, 0.15) is 64.3 Å². The number of halogens is 1. The van der Waals surface area contributed by atoms with Gasteiger partial charge in [0.1, 0.15) is 11.6 Å². The molecule has 2 aromatic carbocycles. The third-order valence-electron chi connectivity index (χ3n) is 6.15. The summed E-state index contributed by atoms with van der Waals surface area (Å²) in [5.41, 5.74) is 2.15. The van der Waals surface area contributed by atoms with Crippen molar-refractivity contribution in [3.8, 4) is 5.75 Å². The molecular weight excluding hydrogens is 419 g/mol. The molecule has 0 saturated carbocycles. The molecule has 0 N–H and O–H groups in total. The van der Waals surface area contributed by atoms with E-state index in [1.165, 1.54) is 12.1 Å². The largest absolute Gasteiger partial charge is 0.481 e. The Morgan fingerprint density at radius 1 is 1.15 bits per heavy atom. The van der Waals surface area contributed by atoms with Crippen molar-refractivity contribution < 1.29 is 18.7 Å². The van der Waals surface area contributed by atoms with Crippen molar-refractivity contribution in [1.29, 1.82) is 0 Å². The summed E-state index contributed by atoms with van der Waals surface area (Å²) in [5, 5.41) is 0. The summed E-state index contributed by atoms with van der Waals surface area (Å²) in [6, 6.07) is 11.8. The highest BCUT2D eigenvalue weighted by Crippen LogP contribution is 2.39. The van der Waals surface area contributed by atoms with Gasteiger partial charge >= 0.3 is 0 Å². The van der Waals surface area contributed by atoms with Crippen molar-refractivity contribution in [1.82, 2.24) is 9.80 Å². The number of carbonyl (C=O) groups excluding carboxylic acids is 2. The summed E-state index contributed by atoms with van der Waals surface area (Å²) in [7, 11) is 0. The van der Waals surface area contributed by atoms with Gasteiger partial charge in [-0.05, 0) is 68.1 Å². The maximum Gasteiger partial charge on any atom is 0.263 e. The minimum Gasteiger partial charge on any atom is -0.481 e. The Hall–Kier alpha value is -2.89. The highest BCUT2D eigenvalue weighted by Gasteiger charge is 2.37. The summed E-state index contributed by atoms with van der Waals surface area (Å²) >= 11 is 0. The highest BCUT2D eigenvalue weighted by atomic mass is 19.1. The van der Waals surface area contributed by atoms with Gasteiger partial charge in [-0.25, -0.2) is 4.39 Å². The molecule has 0 aromatic heterocycles. The van der Waals surface area contributed by atoms with Crippen LogP contribution >= 0.6 is 0 Å². The van der Waals surface area contributed by atoms with Gasteiger partial charge in [0, 0.05) is 25.0 Å². The van der Waals surface area contributed by atoms with E-state index in [9.17, 15) is 14.0 Å². The molecule has 0 fully saturated rings. The third kappa shape index (κ3) is 5.37. The fourth-order valence-corrected chi connectivity index (χ4v) is 4.40. The van der Waals surface area contributed by atoms with Gasteiger partial charge in [-0.3, -0.25) is 9.59 Å². The zero-order valence-corrected chi connectivity index (χ0v) is 20.5. The summed E-state index contributed by atoms with van der Waals surface area (Å²) < 4.78 is 20.2. The molecule has 0 spiro atoms. The lowest BCUT2D eigenvalue weighted by Gasteiger charge is -2.41. The zero-order chi connectivity index (χ0) is 24.3. The molecule has 33 heavy (non-hydrogen) atoms. The minimum atomic E-state index is -0.633. The van der Waals surface area contributed by atoms with E-state index in [1.807, 2.05) is 63.8 Å². The topological polar surface area (TPSA) is 49.9 Å². The monoisotopic (exact) mass is 454 g/mol. The van der Waals surface area contributed by atoms with Crippen molar-refractivity contribution in [2.45, 2.75) is 60.1 Å². The molecule has 0 aliphatic carbocycles. The Bertz CT molecular complexity index is 1010. The molecule has 0 bridgehead atoms. The number of benzene rings is 2. The molecule has 2 amide bonds. The number of fused-ring (bicyclic) bond motifs is 1. The molecule has 1 heterocycles.